The van der Waals surface area contributed by atoms with Crippen molar-refractivity contribution >= 4 is 18.1 Å². The number of anilines is 1. The summed E-state index contributed by atoms with van der Waals surface area (Å²) in [5, 5.41) is 0. The fourth-order valence-electron chi connectivity index (χ4n) is 2.35. The van der Waals surface area contributed by atoms with Crippen LogP contribution in [-0.2, 0) is 6.18 Å². The first kappa shape index (κ1) is 16.1. The lowest BCUT2D eigenvalue weighted by molar-refractivity contribution is -0.137. The van der Waals surface area contributed by atoms with E-state index in [1.54, 1.807) is 12.1 Å². The molecule has 0 amide bonds. The topological polar surface area (TPSA) is 29.3 Å². The fraction of sp³-hybridized carbons (Fsp3) is 0.538. The Labute approximate surface area is 117 Å². The van der Waals surface area contributed by atoms with Crippen LogP contribution in [0, 0.1) is 5.92 Å². The van der Waals surface area contributed by atoms with Gasteiger partial charge in [0.1, 0.15) is 0 Å². The van der Waals surface area contributed by atoms with Crippen molar-refractivity contribution in [3.05, 3.63) is 29.8 Å². The molecule has 0 aliphatic carbocycles. The molecular formula is C13H18ClF3N2. The fourth-order valence-corrected chi connectivity index (χ4v) is 2.35. The van der Waals surface area contributed by atoms with Gasteiger partial charge in [0, 0.05) is 18.8 Å². The summed E-state index contributed by atoms with van der Waals surface area (Å²) in [6, 6.07) is 5.37. The van der Waals surface area contributed by atoms with Crippen LogP contribution in [0.15, 0.2) is 24.3 Å². The number of rotatable bonds is 2. The molecule has 1 unspecified atom stereocenters. The SMILES string of the molecule is Cl.NCC1CCCN(c2ccc(C(F)(F)F)cc2)C1. The van der Waals surface area contributed by atoms with Gasteiger partial charge in [0.2, 0.25) is 0 Å². The Bertz CT molecular complexity index is 392. The van der Waals surface area contributed by atoms with Crippen molar-refractivity contribution in [2.45, 2.75) is 19.0 Å². The zero-order valence-electron chi connectivity index (χ0n) is 10.5. The number of hydrogen-bond donors (Lipinski definition) is 1. The van der Waals surface area contributed by atoms with Crippen molar-refractivity contribution in [1.29, 1.82) is 0 Å². The average molecular weight is 295 g/mol. The molecule has 2 N–H and O–H groups in total. The molecule has 1 aromatic carbocycles. The van der Waals surface area contributed by atoms with Crippen molar-refractivity contribution in [2.75, 3.05) is 24.5 Å². The number of nitrogens with two attached hydrogens (primary N) is 1. The Balaban J connectivity index is 0.00000180. The molecular weight excluding hydrogens is 277 g/mol. The van der Waals surface area contributed by atoms with Crippen molar-refractivity contribution in [2.24, 2.45) is 11.7 Å². The Morgan fingerprint density at radius 2 is 1.84 bits per heavy atom. The summed E-state index contributed by atoms with van der Waals surface area (Å²) >= 11 is 0. The van der Waals surface area contributed by atoms with Gasteiger partial charge in [-0.3, -0.25) is 0 Å². The van der Waals surface area contributed by atoms with Crippen LogP contribution in [-0.4, -0.2) is 19.6 Å². The number of hydrogen-bond acceptors (Lipinski definition) is 2. The minimum absolute atomic E-state index is 0. The van der Waals surface area contributed by atoms with E-state index in [2.05, 4.69) is 4.90 Å². The van der Waals surface area contributed by atoms with E-state index in [4.69, 9.17) is 5.73 Å². The van der Waals surface area contributed by atoms with Gasteiger partial charge in [-0.1, -0.05) is 0 Å². The molecule has 1 atom stereocenters. The quantitative estimate of drug-likeness (QED) is 0.907. The lowest BCUT2D eigenvalue weighted by Gasteiger charge is -2.34. The monoisotopic (exact) mass is 294 g/mol. The zero-order chi connectivity index (χ0) is 13.2. The summed E-state index contributed by atoms with van der Waals surface area (Å²) in [6.45, 7) is 2.36. The number of piperidine rings is 1. The van der Waals surface area contributed by atoms with Gasteiger partial charge in [0.15, 0.2) is 0 Å². The van der Waals surface area contributed by atoms with Crippen molar-refractivity contribution in [1.82, 2.24) is 0 Å². The van der Waals surface area contributed by atoms with Gasteiger partial charge in [-0.15, -0.1) is 12.4 Å². The van der Waals surface area contributed by atoms with Gasteiger partial charge in [-0.25, -0.2) is 0 Å². The molecule has 0 saturated carbocycles. The summed E-state index contributed by atoms with van der Waals surface area (Å²) in [4.78, 5) is 2.11. The Morgan fingerprint density at radius 3 is 2.37 bits per heavy atom. The van der Waals surface area contributed by atoms with Gasteiger partial charge in [0.05, 0.1) is 5.56 Å². The molecule has 0 spiro atoms. The smallest absolute Gasteiger partial charge is 0.371 e. The minimum Gasteiger partial charge on any atom is -0.371 e. The summed E-state index contributed by atoms with van der Waals surface area (Å²) in [7, 11) is 0. The molecule has 0 bridgehead atoms. The summed E-state index contributed by atoms with van der Waals surface area (Å²) < 4.78 is 37.3. The molecule has 1 aliphatic rings. The van der Waals surface area contributed by atoms with E-state index in [-0.39, 0.29) is 12.4 Å². The highest BCUT2D eigenvalue weighted by Gasteiger charge is 2.30. The summed E-state index contributed by atoms with van der Waals surface area (Å²) in [5.41, 5.74) is 5.90. The Kier molecular flexibility index (Phi) is 5.50. The van der Waals surface area contributed by atoms with E-state index in [0.29, 0.717) is 12.5 Å². The maximum atomic E-state index is 12.4. The standard InChI is InChI=1S/C13H17F3N2.ClH/c14-13(15,16)11-3-5-12(6-4-11)18-7-1-2-10(8-17)9-18;/h3-6,10H,1-2,7-9,17H2;1H. The number of nitrogens with zero attached hydrogens (tertiary/aromatic N) is 1. The molecule has 0 radical (unpaired) electrons. The van der Waals surface area contributed by atoms with Crippen molar-refractivity contribution in [3.63, 3.8) is 0 Å². The van der Waals surface area contributed by atoms with Gasteiger partial charge in [0.25, 0.3) is 0 Å². The first-order valence-electron chi connectivity index (χ1n) is 6.13. The van der Waals surface area contributed by atoms with E-state index in [0.717, 1.165) is 43.8 Å². The Hall–Kier alpha value is -0.940. The molecule has 2 rings (SSSR count). The maximum absolute atomic E-state index is 12.4. The highest BCUT2D eigenvalue weighted by atomic mass is 35.5. The van der Waals surface area contributed by atoms with Crippen LogP contribution >= 0.6 is 12.4 Å². The molecule has 1 saturated heterocycles. The lowest BCUT2D eigenvalue weighted by Crippen LogP contribution is -2.38. The van der Waals surface area contributed by atoms with Crippen LogP contribution < -0.4 is 10.6 Å². The van der Waals surface area contributed by atoms with E-state index >= 15 is 0 Å². The van der Waals surface area contributed by atoms with Gasteiger partial charge in [-0.2, -0.15) is 13.2 Å². The van der Waals surface area contributed by atoms with Gasteiger partial charge < -0.3 is 10.6 Å². The zero-order valence-corrected chi connectivity index (χ0v) is 11.3. The van der Waals surface area contributed by atoms with E-state index in [1.807, 2.05) is 0 Å². The van der Waals surface area contributed by atoms with Crippen LogP contribution in [0.2, 0.25) is 0 Å². The maximum Gasteiger partial charge on any atom is 0.416 e. The Morgan fingerprint density at radius 1 is 1.21 bits per heavy atom. The van der Waals surface area contributed by atoms with Crippen LogP contribution in [0.1, 0.15) is 18.4 Å². The highest BCUT2D eigenvalue weighted by molar-refractivity contribution is 5.85. The molecule has 2 nitrogen and oxygen atoms in total. The van der Waals surface area contributed by atoms with Gasteiger partial charge >= 0.3 is 6.18 Å². The van der Waals surface area contributed by atoms with Crippen LogP contribution in [0.3, 0.4) is 0 Å². The summed E-state index contributed by atoms with van der Waals surface area (Å²) in [5.74, 6) is 0.445. The number of alkyl halides is 3. The normalized spacial score (nSPS) is 20.0. The predicted molar refractivity (Wildman–Crippen MR) is 72.7 cm³/mol. The molecule has 1 heterocycles. The van der Waals surface area contributed by atoms with E-state index in [9.17, 15) is 13.2 Å². The molecule has 6 heteroatoms. The molecule has 108 valence electrons. The number of halogens is 4. The van der Waals surface area contributed by atoms with E-state index < -0.39 is 11.7 Å². The number of benzene rings is 1. The molecule has 1 aliphatic heterocycles. The van der Waals surface area contributed by atoms with E-state index in [1.165, 1.54) is 0 Å². The molecule has 1 fully saturated rings. The predicted octanol–water partition coefficient (Wildman–Crippen LogP) is 3.30. The third-order valence-electron chi connectivity index (χ3n) is 3.41. The lowest BCUT2D eigenvalue weighted by atomic mass is 9.97. The summed E-state index contributed by atoms with van der Waals surface area (Å²) in [6.07, 6.45) is -2.11. The molecule has 1 aromatic rings. The largest absolute Gasteiger partial charge is 0.416 e. The van der Waals surface area contributed by atoms with Crippen LogP contribution in [0.5, 0.6) is 0 Å². The second-order valence-corrected chi connectivity index (χ2v) is 4.73. The van der Waals surface area contributed by atoms with Crippen LogP contribution in [0.4, 0.5) is 18.9 Å². The minimum atomic E-state index is -4.26. The third-order valence-corrected chi connectivity index (χ3v) is 3.41. The van der Waals surface area contributed by atoms with Crippen LogP contribution in [0.25, 0.3) is 0 Å². The second kappa shape index (κ2) is 6.48. The average Bonchev–Trinajstić information content (AvgIpc) is 2.38. The first-order chi connectivity index (χ1) is 8.50. The van der Waals surface area contributed by atoms with Crippen molar-refractivity contribution in [3.8, 4) is 0 Å². The second-order valence-electron chi connectivity index (χ2n) is 4.73. The van der Waals surface area contributed by atoms with Crippen molar-refractivity contribution < 1.29 is 13.2 Å². The first-order valence-corrected chi connectivity index (χ1v) is 6.13. The van der Waals surface area contributed by atoms with Gasteiger partial charge in [-0.05, 0) is 49.6 Å². The third kappa shape index (κ3) is 4.01. The molecule has 0 aromatic heterocycles. The molecule has 19 heavy (non-hydrogen) atoms. The highest BCUT2D eigenvalue weighted by Crippen LogP contribution is 2.31.